The van der Waals surface area contributed by atoms with Crippen molar-refractivity contribution in [3.05, 3.63) is 78.1 Å². The number of carbonyl (C=O) groups is 1. The Morgan fingerprint density at radius 1 is 1.14 bits per heavy atom. The molecule has 5 heteroatoms. The third-order valence-electron chi connectivity index (χ3n) is 4.88. The van der Waals surface area contributed by atoms with E-state index in [-0.39, 0.29) is 5.91 Å². The zero-order valence-electron chi connectivity index (χ0n) is 15.8. The Labute approximate surface area is 163 Å². The van der Waals surface area contributed by atoms with Crippen molar-refractivity contribution in [3.63, 3.8) is 0 Å². The fraction of sp³-hybridized carbons (Fsp3) is 0.174. The number of rotatable bonds is 5. The molecule has 2 aromatic carbocycles. The molecule has 28 heavy (non-hydrogen) atoms. The van der Waals surface area contributed by atoms with E-state index in [1.807, 2.05) is 30.3 Å². The van der Waals surface area contributed by atoms with Crippen molar-refractivity contribution in [3.8, 4) is 11.5 Å². The smallest absolute Gasteiger partial charge is 0.257 e. The van der Waals surface area contributed by atoms with E-state index in [0.717, 1.165) is 23.1 Å². The highest BCUT2D eigenvalue weighted by Crippen LogP contribution is 2.29. The summed E-state index contributed by atoms with van der Waals surface area (Å²) in [5, 5.41) is 2.89. The molecule has 1 atom stereocenters. The quantitative estimate of drug-likeness (QED) is 0.492. The van der Waals surface area contributed by atoms with Crippen LogP contribution in [0.5, 0.6) is 0 Å². The summed E-state index contributed by atoms with van der Waals surface area (Å²) in [7, 11) is 0. The lowest BCUT2D eigenvalue weighted by molar-refractivity contribution is 0.102. The van der Waals surface area contributed by atoms with Gasteiger partial charge in [0.25, 0.3) is 5.91 Å². The lowest BCUT2D eigenvalue weighted by Gasteiger charge is -2.07. The van der Waals surface area contributed by atoms with Crippen LogP contribution in [0.4, 0.5) is 5.69 Å². The molecule has 140 valence electrons. The van der Waals surface area contributed by atoms with E-state index in [4.69, 9.17) is 4.42 Å². The number of nitrogens with zero attached hydrogens (tertiary/aromatic N) is 2. The molecule has 0 spiro atoms. The number of anilines is 1. The summed E-state index contributed by atoms with van der Waals surface area (Å²) in [6, 6.07) is 17.1. The number of pyridine rings is 1. The molecular formula is C23H21N3O2. The molecule has 0 fully saturated rings. The van der Waals surface area contributed by atoms with Crippen LogP contribution in [0.25, 0.3) is 22.6 Å². The predicted molar refractivity (Wildman–Crippen MR) is 110 cm³/mol. The summed E-state index contributed by atoms with van der Waals surface area (Å²) in [5.74, 6) is 0.811. The normalized spacial score (nSPS) is 12.1. The second-order valence-electron chi connectivity index (χ2n) is 6.83. The van der Waals surface area contributed by atoms with Crippen LogP contribution in [0.1, 0.15) is 42.1 Å². The lowest BCUT2D eigenvalue weighted by Crippen LogP contribution is -2.11. The molecule has 2 aromatic heterocycles. The second-order valence-corrected chi connectivity index (χ2v) is 6.83. The molecule has 0 saturated carbocycles. The first-order chi connectivity index (χ1) is 13.6. The zero-order valence-corrected chi connectivity index (χ0v) is 15.8. The summed E-state index contributed by atoms with van der Waals surface area (Å²) in [6.45, 7) is 4.38. The van der Waals surface area contributed by atoms with Gasteiger partial charge in [0.2, 0.25) is 5.89 Å². The van der Waals surface area contributed by atoms with Crippen molar-refractivity contribution >= 4 is 22.7 Å². The summed E-state index contributed by atoms with van der Waals surface area (Å²) in [4.78, 5) is 21.0. The Morgan fingerprint density at radius 2 is 2.04 bits per heavy atom. The average molecular weight is 371 g/mol. The Hall–Kier alpha value is -3.47. The molecule has 0 bridgehead atoms. The monoisotopic (exact) mass is 371 g/mol. The van der Waals surface area contributed by atoms with Gasteiger partial charge in [-0.3, -0.25) is 9.78 Å². The van der Waals surface area contributed by atoms with Crippen LogP contribution in [0.15, 0.2) is 71.4 Å². The maximum atomic E-state index is 12.3. The van der Waals surface area contributed by atoms with E-state index in [0.29, 0.717) is 23.1 Å². The van der Waals surface area contributed by atoms with Gasteiger partial charge < -0.3 is 9.73 Å². The molecule has 2 heterocycles. The highest BCUT2D eigenvalue weighted by Gasteiger charge is 2.12. The first kappa shape index (κ1) is 17.9. The van der Waals surface area contributed by atoms with Crippen molar-refractivity contribution in [1.29, 1.82) is 0 Å². The largest absolute Gasteiger partial charge is 0.436 e. The highest BCUT2D eigenvalue weighted by atomic mass is 16.3. The number of nitrogens with one attached hydrogen (secondary N) is 1. The van der Waals surface area contributed by atoms with Crippen molar-refractivity contribution in [1.82, 2.24) is 9.97 Å². The van der Waals surface area contributed by atoms with Gasteiger partial charge in [-0.15, -0.1) is 0 Å². The Bertz CT molecular complexity index is 1120. The van der Waals surface area contributed by atoms with Gasteiger partial charge in [-0.25, -0.2) is 4.98 Å². The Kier molecular flexibility index (Phi) is 4.89. The summed E-state index contributed by atoms with van der Waals surface area (Å²) in [5.41, 5.74) is 4.85. The molecule has 0 radical (unpaired) electrons. The fourth-order valence-electron chi connectivity index (χ4n) is 3.04. The summed E-state index contributed by atoms with van der Waals surface area (Å²) < 4.78 is 5.93. The Morgan fingerprint density at radius 3 is 2.82 bits per heavy atom. The average Bonchev–Trinajstić information content (AvgIpc) is 3.17. The number of fused-ring (bicyclic) bond motifs is 1. The lowest BCUT2D eigenvalue weighted by atomic mass is 9.98. The summed E-state index contributed by atoms with van der Waals surface area (Å²) in [6.07, 6.45) is 4.25. The molecule has 0 saturated heterocycles. The molecule has 4 aromatic rings. The SMILES string of the molecule is CC[C@H](C)c1ccc2oc(-c3cccc(NC(=O)c4cccnc4)c3)nc2c1. The van der Waals surface area contributed by atoms with Crippen LogP contribution >= 0.6 is 0 Å². The van der Waals surface area contributed by atoms with Crippen LogP contribution in [-0.2, 0) is 0 Å². The number of oxazole rings is 1. The molecular weight excluding hydrogens is 350 g/mol. The van der Waals surface area contributed by atoms with E-state index < -0.39 is 0 Å². The van der Waals surface area contributed by atoms with E-state index >= 15 is 0 Å². The molecule has 1 N–H and O–H groups in total. The van der Waals surface area contributed by atoms with Gasteiger partial charge in [0, 0.05) is 23.6 Å². The molecule has 0 aliphatic heterocycles. The number of amides is 1. The maximum Gasteiger partial charge on any atom is 0.257 e. The van der Waals surface area contributed by atoms with Gasteiger partial charge in [0.15, 0.2) is 5.58 Å². The van der Waals surface area contributed by atoms with Crippen molar-refractivity contribution < 1.29 is 9.21 Å². The van der Waals surface area contributed by atoms with Gasteiger partial charge >= 0.3 is 0 Å². The number of carbonyl (C=O) groups excluding carboxylic acids is 1. The molecule has 5 nitrogen and oxygen atoms in total. The third kappa shape index (κ3) is 3.64. The minimum Gasteiger partial charge on any atom is -0.436 e. The van der Waals surface area contributed by atoms with Crippen molar-refractivity contribution in [2.45, 2.75) is 26.2 Å². The van der Waals surface area contributed by atoms with E-state index in [1.54, 1.807) is 18.3 Å². The predicted octanol–water partition coefficient (Wildman–Crippen LogP) is 5.66. The van der Waals surface area contributed by atoms with Gasteiger partial charge in [-0.1, -0.05) is 26.0 Å². The number of hydrogen-bond acceptors (Lipinski definition) is 4. The third-order valence-corrected chi connectivity index (χ3v) is 4.88. The van der Waals surface area contributed by atoms with Crippen LogP contribution in [0, 0.1) is 0 Å². The fourth-order valence-corrected chi connectivity index (χ4v) is 3.04. The van der Waals surface area contributed by atoms with Gasteiger partial charge in [0.1, 0.15) is 5.52 Å². The van der Waals surface area contributed by atoms with Gasteiger partial charge in [-0.2, -0.15) is 0 Å². The first-order valence-corrected chi connectivity index (χ1v) is 9.36. The molecule has 0 aliphatic carbocycles. The second kappa shape index (κ2) is 7.64. The number of hydrogen-bond donors (Lipinski definition) is 1. The van der Waals surface area contributed by atoms with Crippen LogP contribution in [0.3, 0.4) is 0 Å². The minimum absolute atomic E-state index is 0.207. The van der Waals surface area contributed by atoms with E-state index in [2.05, 4.69) is 41.3 Å². The number of benzene rings is 2. The maximum absolute atomic E-state index is 12.3. The number of aromatic nitrogens is 2. The molecule has 4 rings (SSSR count). The van der Waals surface area contributed by atoms with Crippen molar-refractivity contribution in [2.24, 2.45) is 0 Å². The standard InChI is InChI=1S/C23H21N3O2/c1-3-15(2)16-9-10-21-20(13-16)26-23(28-21)17-6-4-8-19(12-17)25-22(27)18-7-5-11-24-14-18/h4-15H,3H2,1-2H3,(H,25,27)/t15-/m0/s1. The zero-order chi connectivity index (χ0) is 19.5. The molecule has 1 amide bonds. The van der Waals surface area contributed by atoms with E-state index in [9.17, 15) is 4.79 Å². The van der Waals surface area contributed by atoms with Crippen LogP contribution < -0.4 is 5.32 Å². The molecule has 0 aliphatic rings. The Balaban J connectivity index is 1.61. The van der Waals surface area contributed by atoms with E-state index in [1.165, 1.54) is 11.8 Å². The van der Waals surface area contributed by atoms with Crippen LogP contribution in [-0.4, -0.2) is 15.9 Å². The van der Waals surface area contributed by atoms with Crippen molar-refractivity contribution in [2.75, 3.05) is 5.32 Å². The van der Waals surface area contributed by atoms with Gasteiger partial charge in [-0.05, 0) is 60.4 Å². The minimum atomic E-state index is -0.207. The summed E-state index contributed by atoms with van der Waals surface area (Å²) >= 11 is 0. The van der Waals surface area contributed by atoms with Crippen LogP contribution in [0.2, 0.25) is 0 Å². The molecule has 0 unspecified atom stereocenters. The first-order valence-electron chi connectivity index (χ1n) is 9.36. The topological polar surface area (TPSA) is 68.0 Å². The highest BCUT2D eigenvalue weighted by molar-refractivity contribution is 6.04. The van der Waals surface area contributed by atoms with Gasteiger partial charge in [0.05, 0.1) is 5.56 Å².